The Balaban J connectivity index is 1.98. The lowest BCUT2D eigenvalue weighted by atomic mass is 10.1. The van der Waals surface area contributed by atoms with Crippen LogP contribution in [0.15, 0.2) is 42.9 Å². The van der Waals surface area contributed by atoms with Crippen molar-refractivity contribution < 1.29 is 9.90 Å². The molecule has 1 atom stereocenters. The molecule has 6 heteroatoms. The summed E-state index contributed by atoms with van der Waals surface area (Å²) in [5.41, 5.74) is 1.09. The lowest BCUT2D eigenvalue weighted by Crippen LogP contribution is -2.28. The molecule has 0 aliphatic rings. The third-order valence-electron chi connectivity index (χ3n) is 2.61. The first-order chi connectivity index (χ1) is 9.18. The van der Waals surface area contributed by atoms with Gasteiger partial charge in [-0.05, 0) is 29.8 Å². The number of carbonyl (C=O) groups is 1. The molecule has 0 aliphatic heterocycles. The molecule has 2 rings (SSSR count). The zero-order chi connectivity index (χ0) is 13.7. The molecule has 0 fully saturated rings. The Hall–Kier alpha value is -2.05. The molecule has 98 valence electrons. The number of aromatic nitrogens is 2. The molecule has 2 aromatic heterocycles. The van der Waals surface area contributed by atoms with Gasteiger partial charge in [0.25, 0.3) is 5.91 Å². The minimum atomic E-state index is -0.770. The maximum atomic E-state index is 11.9. The Morgan fingerprint density at radius 3 is 2.84 bits per heavy atom. The second kappa shape index (κ2) is 6.21. The van der Waals surface area contributed by atoms with Gasteiger partial charge in [-0.15, -0.1) is 0 Å². The fourth-order valence-corrected chi connectivity index (χ4v) is 1.82. The molecule has 1 amide bonds. The molecule has 3 N–H and O–H groups in total. The van der Waals surface area contributed by atoms with Crippen LogP contribution in [0.5, 0.6) is 0 Å². The Morgan fingerprint density at radius 2 is 2.16 bits per heavy atom. The highest BCUT2D eigenvalue weighted by Crippen LogP contribution is 2.10. The molecule has 0 unspecified atom stereocenters. The molecule has 2 aromatic rings. The van der Waals surface area contributed by atoms with Crippen LogP contribution in [0.3, 0.4) is 0 Å². The number of aliphatic hydroxyl groups excluding tert-OH is 1. The normalized spacial score (nSPS) is 11.8. The second-order valence-electron chi connectivity index (χ2n) is 3.92. The molecular formula is C13H13N3O2S. The van der Waals surface area contributed by atoms with Crippen LogP contribution < -0.4 is 5.32 Å². The van der Waals surface area contributed by atoms with Gasteiger partial charge in [-0.25, -0.2) is 0 Å². The number of aromatic amines is 1. The van der Waals surface area contributed by atoms with E-state index in [1.54, 1.807) is 42.9 Å². The lowest BCUT2D eigenvalue weighted by molar-refractivity contribution is 0.0915. The van der Waals surface area contributed by atoms with Gasteiger partial charge in [0.1, 0.15) is 4.64 Å². The van der Waals surface area contributed by atoms with Gasteiger partial charge in [0, 0.05) is 25.1 Å². The number of hydrogen-bond donors (Lipinski definition) is 3. The third-order valence-corrected chi connectivity index (χ3v) is 2.95. The SMILES string of the molecule is O=C(NC[C@@H](O)c1ccncc1)c1ccc[nH]c1=S. The van der Waals surface area contributed by atoms with Crippen molar-refractivity contribution in [2.45, 2.75) is 6.10 Å². The first-order valence-corrected chi connectivity index (χ1v) is 6.13. The van der Waals surface area contributed by atoms with Crippen molar-refractivity contribution in [1.29, 1.82) is 0 Å². The summed E-state index contributed by atoms with van der Waals surface area (Å²) in [5, 5.41) is 12.6. The van der Waals surface area contributed by atoms with Crippen molar-refractivity contribution >= 4 is 18.1 Å². The molecule has 0 saturated carbocycles. The zero-order valence-electron chi connectivity index (χ0n) is 10.0. The average molecular weight is 275 g/mol. The summed E-state index contributed by atoms with van der Waals surface area (Å²) in [6.07, 6.45) is 4.07. The van der Waals surface area contributed by atoms with Gasteiger partial charge in [-0.2, -0.15) is 0 Å². The minimum Gasteiger partial charge on any atom is -0.387 e. The molecule has 0 saturated heterocycles. The number of carbonyl (C=O) groups excluding carboxylic acids is 1. The summed E-state index contributed by atoms with van der Waals surface area (Å²) >= 11 is 5.01. The van der Waals surface area contributed by atoms with Crippen LogP contribution in [0.4, 0.5) is 0 Å². The summed E-state index contributed by atoms with van der Waals surface area (Å²) in [5.74, 6) is -0.310. The van der Waals surface area contributed by atoms with Crippen molar-refractivity contribution in [3.05, 3.63) is 58.6 Å². The maximum absolute atomic E-state index is 11.9. The topological polar surface area (TPSA) is 78.0 Å². The van der Waals surface area contributed by atoms with Gasteiger partial charge in [0.2, 0.25) is 0 Å². The second-order valence-corrected chi connectivity index (χ2v) is 4.33. The number of nitrogens with zero attached hydrogens (tertiary/aromatic N) is 1. The monoisotopic (exact) mass is 275 g/mol. The minimum absolute atomic E-state index is 0.118. The Bertz CT molecular complexity index is 613. The number of amides is 1. The van der Waals surface area contributed by atoms with Crippen LogP contribution in [0.1, 0.15) is 22.0 Å². The first kappa shape index (κ1) is 13.4. The zero-order valence-corrected chi connectivity index (χ0v) is 10.9. The van der Waals surface area contributed by atoms with Crippen LogP contribution in [0.25, 0.3) is 0 Å². The summed E-state index contributed by atoms with van der Waals surface area (Å²) < 4.78 is 0.374. The van der Waals surface area contributed by atoms with E-state index in [4.69, 9.17) is 12.2 Å². The smallest absolute Gasteiger partial charge is 0.254 e. The molecule has 0 spiro atoms. The van der Waals surface area contributed by atoms with E-state index >= 15 is 0 Å². The molecule has 0 aromatic carbocycles. The fourth-order valence-electron chi connectivity index (χ4n) is 1.59. The third kappa shape index (κ3) is 3.46. The highest BCUT2D eigenvalue weighted by atomic mass is 32.1. The van der Waals surface area contributed by atoms with Crippen LogP contribution in [-0.4, -0.2) is 27.5 Å². The standard InChI is InChI=1S/C13H13N3O2S/c17-11(9-3-6-14-7-4-9)8-16-12(18)10-2-1-5-15-13(10)19/h1-7,11,17H,8H2,(H,15,19)(H,16,18)/t11-/m1/s1. The fraction of sp³-hybridized carbons (Fsp3) is 0.154. The van der Waals surface area contributed by atoms with Crippen LogP contribution >= 0.6 is 12.2 Å². The Labute approximate surface area is 115 Å². The Morgan fingerprint density at radius 1 is 1.42 bits per heavy atom. The van der Waals surface area contributed by atoms with E-state index in [9.17, 15) is 9.90 Å². The van der Waals surface area contributed by atoms with Crippen molar-refractivity contribution in [2.24, 2.45) is 0 Å². The van der Waals surface area contributed by atoms with E-state index in [0.717, 1.165) is 0 Å². The van der Waals surface area contributed by atoms with E-state index in [1.165, 1.54) is 0 Å². The number of H-pyrrole nitrogens is 1. The van der Waals surface area contributed by atoms with E-state index in [2.05, 4.69) is 15.3 Å². The summed E-state index contributed by atoms with van der Waals surface area (Å²) in [6, 6.07) is 6.73. The van der Waals surface area contributed by atoms with E-state index in [-0.39, 0.29) is 12.5 Å². The predicted molar refractivity (Wildman–Crippen MR) is 73.2 cm³/mol. The molecule has 19 heavy (non-hydrogen) atoms. The highest BCUT2D eigenvalue weighted by Gasteiger charge is 2.11. The van der Waals surface area contributed by atoms with Crippen LogP contribution in [0, 0.1) is 4.64 Å². The van der Waals surface area contributed by atoms with Crippen molar-refractivity contribution in [3.63, 3.8) is 0 Å². The molecule has 2 heterocycles. The summed E-state index contributed by atoms with van der Waals surface area (Å²) in [6.45, 7) is 0.118. The average Bonchev–Trinajstić information content (AvgIpc) is 2.46. The quantitative estimate of drug-likeness (QED) is 0.741. The van der Waals surface area contributed by atoms with Gasteiger partial charge in [0.05, 0.1) is 11.7 Å². The largest absolute Gasteiger partial charge is 0.387 e. The van der Waals surface area contributed by atoms with E-state index < -0.39 is 6.10 Å². The van der Waals surface area contributed by atoms with Gasteiger partial charge in [-0.1, -0.05) is 12.2 Å². The molecule has 0 aliphatic carbocycles. The van der Waals surface area contributed by atoms with Crippen LogP contribution in [0.2, 0.25) is 0 Å². The maximum Gasteiger partial charge on any atom is 0.254 e. The van der Waals surface area contributed by atoms with Crippen molar-refractivity contribution in [1.82, 2.24) is 15.3 Å². The van der Waals surface area contributed by atoms with Gasteiger partial charge < -0.3 is 15.4 Å². The first-order valence-electron chi connectivity index (χ1n) is 5.72. The van der Waals surface area contributed by atoms with Crippen LogP contribution in [-0.2, 0) is 0 Å². The summed E-state index contributed by atoms with van der Waals surface area (Å²) in [4.78, 5) is 18.5. The highest BCUT2D eigenvalue weighted by molar-refractivity contribution is 7.71. The van der Waals surface area contributed by atoms with E-state index in [1.807, 2.05) is 0 Å². The number of aliphatic hydroxyl groups is 1. The summed E-state index contributed by atoms with van der Waals surface area (Å²) in [7, 11) is 0. The van der Waals surface area contributed by atoms with Crippen molar-refractivity contribution in [3.8, 4) is 0 Å². The molecule has 0 radical (unpaired) electrons. The Kier molecular flexibility index (Phi) is 4.38. The molecule has 0 bridgehead atoms. The van der Waals surface area contributed by atoms with E-state index in [0.29, 0.717) is 15.8 Å². The number of hydrogen-bond acceptors (Lipinski definition) is 4. The molecule has 5 nitrogen and oxygen atoms in total. The number of nitrogens with one attached hydrogen (secondary N) is 2. The predicted octanol–water partition coefficient (Wildman–Crippen LogP) is 1.60. The number of pyridine rings is 2. The number of rotatable bonds is 4. The molecular weight excluding hydrogens is 262 g/mol. The van der Waals surface area contributed by atoms with Gasteiger partial charge in [0.15, 0.2) is 0 Å². The lowest BCUT2D eigenvalue weighted by Gasteiger charge is -2.11. The van der Waals surface area contributed by atoms with Gasteiger partial charge >= 0.3 is 0 Å². The van der Waals surface area contributed by atoms with Crippen molar-refractivity contribution in [2.75, 3.05) is 6.54 Å². The van der Waals surface area contributed by atoms with Gasteiger partial charge in [-0.3, -0.25) is 9.78 Å².